The fourth-order valence-electron chi connectivity index (χ4n) is 2.65. The molecule has 0 unspecified atom stereocenters. The van der Waals surface area contributed by atoms with Gasteiger partial charge in [-0.3, -0.25) is 15.0 Å². The topological polar surface area (TPSA) is 67.9 Å². The molecule has 1 aliphatic rings. The van der Waals surface area contributed by atoms with Crippen LogP contribution in [-0.4, -0.2) is 25.0 Å². The Morgan fingerprint density at radius 3 is 2.52 bits per heavy atom. The lowest BCUT2D eigenvalue weighted by Crippen LogP contribution is -2.35. The number of carbonyl (C=O) groups excluding carboxylic acids is 2. The van der Waals surface area contributed by atoms with E-state index in [1.54, 1.807) is 55.7 Å². The highest BCUT2D eigenvalue weighted by atomic mass is 16.5. The number of hydrogen-bond donors (Lipinski definition) is 1. The molecule has 1 aliphatic heterocycles. The third-order valence-electron chi connectivity index (χ3n) is 4.31. The molecule has 1 fully saturated rings. The number of ether oxygens (including phenoxy) is 2. The maximum absolute atomic E-state index is 12.6. The third kappa shape index (κ3) is 3.95. The largest absolute Gasteiger partial charge is 0.493 e. The molecule has 2 amide bonds. The molecule has 1 saturated heterocycles. The first-order valence-electron chi connectivity index (χ1n) is 8.80. The molecule has 6 nitrogen and oxygen atoms in total. The lowest BCUT2D eigenvalue weighted by molar-refractivity contribution is -0.117. The van der Waals surface area contributed by atoms with Crippen LogP contribution < -0.4 is 19.9 Å². The van der Waals surface area contributed by atoms with Crippen LogP contribution in [0.25, 0.3) is 6.08 Å². The zero-order valence-electron chi connectivity index (χ0n) is 15.6. The lowest BCUT2D eigenvalue weighted by atomic mass is 10.1. The molecular weight excluding hydrogens is 344 g/mol. The first-order valence-corrected chi connectivity index (χ1v) is 8.80. The van der Waals surface area contributed by atoms with Gasteiger partial charge in [-0.25, -0.2) is 5.01 Å². The SMILES string of the molecule is CC[C@@H](C)Oc1ccc(/C=C2/C(=O)NN(c3ccccc3)C2=O)cc1OC. The number of hydrogen-bond acceptors (Lipinski definition) is 4. The highest BCUT2D eigenvalue weighted by molar-refractivity contribution is 6.31. The second kappa shape index (κ2) is 7.95. The summed E-state index contributed by atoms with van der Waals surface area (Å²) in [6, 6.07) is 14.3. The Morgan fingerprint density at radius 2 is 1.85 bits per heavy atom. The van der Waals surface area contributed by atoms with Crippen LogP contribution in [0.5, 0.6) is 11.5 Å². The van der Waals surface area contributed by atoms with Crippen LogP contribution in [0.2, 0.25) is 0 Å². The molecule has 140 valence electrons. The predicted molar refractivity (Wildman–Crippen MR) is 103 cm³/mol. The van der Waals surface area contributed by atoms with E-state index in [9.17, 15) is 9.59 Å². The van der Waals surface area contributed by atoms with Crippen LogP contribution in [0.15, 0.2) is 54.1 Å². The minimum atomic E-state index is -0.442. The summed E-state index contributed by atoms with van der Waals surface area (Å²) in [7, 11) is 1.56. The Morgan fingerprint density at radius 1 is 1.11 bits per heavy atom. The summed E-state index contributed by atoms with van der Waals surface area (Å²) in [6.45, 7) is 4.02. The quantitative estimate of drug-likeness (QED) is 0.629. The molecule has 2 aromatic rings. The molecule has 0 radical (unpaired) electrons. The van der Waals surface area contributed by atoms with Gasteiger partial charge in [-0.05, 0) is 49.2 Å². The van der Waals surface area contributed by atoms with Crippen LogP contribution in [0, 0.1) is 0 Å². The summed E-state index contributed by atoms with van der Waals surface area (Å²) < 4.78 is 11.2. The van der Waals surface area contributed by atoms with Crippen molar-refractivity contribution in [2.75, 3.05) is 12.1 Å². The lowest BCUT2D eigenvalue weighted by Gasteiger charge is -2.15. The van der Waals surface area contributed by atoms with Crippen LogP contribution in [0.3, 0.4) is 0 Å². The second-order valence-corrected chi connectivity index (χ2v) is 6.22. The van der Waals surface area contributed by atoms with Gasteiger partial charge < -0.3 is 9.47 Å². The molecule has 3 rings (SSSR count). The number of carbonyl (C=O) groups is 2. The minimum Gasteiger partial charge on any atom is -0.493 e. The number of para-hydroxylation sites is 1. The minimum absolute atomic E-state index is 0.0599. The van der Waals surface area contributed by atoms with Crippen molar-refractivity contribution in [2.24, 2.45) is 0 Å². The third-order valence-corrected chi connectivity index (χ3v) is 4.31. The molecule has 1 N–H and O–H groups in total. The molecule has 0 aliphatic carbocycles. The number of benzene rings is 2. The van der Waals surface area contributed by atoms with Crippen LogP contribution in [0.1, 0.15) is 25.8 Å². The van der Waals surface area contributed by atoms with Gasteiger partial charge in [-0.1, -0.05) is 31.2 Å². The van der Waals surface area contributed by atoms with Gasteiger partial charge in [0.1, 0.15) is 5.57 Å². The normalized spacial score (nSPS) is 16.4. The summed E-state index contributed by atoms with van der Waals surface area (Å²) in [5, 5.41) is 1.24. The van der Waals surface area contributed by atoms with Gasteiger partial charge in [0.05, 0.1) is 18.9 Å². The van der Waals surface area contributed by atoms with Crippen molar-refractivity contribution in [3.8, 4) is 11.5 Å². The first kappa shape index (κ1) is 18.5. The summed E-state index contributed by atoms with van der Waals surface area (Å²) >= 11 is 0. The van der Waals surface area contributed by atoms with Gasteiger partial charge in [0.15, 0.2) is 11.5 Å². The Balaban J connectivity index is 1.87. The van der Waals surface area contributed by atoms with Crippen molar-refractivity contribution in [1.82, 2.24) is 5.43 Å². The zero-order valence-corrected chi connectivity index (χ0v) is 15.6. The van der Waals surface area contributed by atoms with Crippen molar-refractivity contribution in [3.63, 3.8) is 0 Å². The Hall–Kier alpha value is -3.28. The molecule has 6 heteroatoms. The fourth-order valence-corrected chi connectivity index (χ4v) is 2.65. The number of nitrogens with zero attached hydrogens (tertiary/aromatic N) is 1. The van der Waals surface area contributed by atoms with E-state index in [1.165, 1.54) is 5.01 Å². The van der Waals surface area contributed by atoms with Gasteiger partial charge in [-0.2, -0.15) is 0 Å². The maximum Gasteiger partial charge on any atom is 0.282 e. The van der Waals surface area contributed by atoms with Gasteiger partial charge in [0.25, 0.3) is 11.8 Å². The monoisotopic (exact) mass is 366 g/mol. The fraction of sp³-hybridized carbons (Fsp3) is 0.238. The molecular formula is C21H22N2O4. The van der Waals surface area contributed by atoms with Gasteiger partial charge in [0, 0.05) is 0 Å². The molecule has 2 aromatic carbocycles. The van der Waals surface area contributed by atoms with E-state index in [2.05, 4.69) is 5.43 Å². The Bertz CT molecular complexity index is 877. The zero-order chi connectivity index (χ0) is 19.4. The van der Waals surface area contributed by atoms with Crippen molar-refractivity contribution in [1.29, 1.82) is 0 Å². The van der Waals surface area contributed by atoms with Crippen LogP contribution >= 0.6 is 0 Å². The molecule has 0 aromatic heterocycles. The van der Waals surface area contributed by atoms with Crippen molar-refractivity contribution >= 4 is 23.6 Å². The Kier molecular flexibility index (Phi) is 5.45. The number of rotatable bonds is 6. The van der Waals surface area contributed by atoms with Gasteiger partial charge >= 0.3 is 0 Å². The smallest absolute Gasteiger partial charge is 0.282 e. The molecule has 1 atom stereocenters. The highest BCUT2D eigenvalue weighted by Gasteiger charge is 2.34. The average molecular weight is 366 g/mol. The number of nitrogens with one attached hydrogen (secondary N) is 1. The summed E-state index contributed by atoms with van der Waals surface area (Å²) in [5.41, 5.74) is 3.93. The second-order valence-electron chi connectivity index (χ2n) is 6.22. The van der Waals surface area contributed by atoms with Crippen molar-refractivity contribution in [3.05, 3.63) is 59.7 Å². The summed E-state index contributed by atoms with van der Waals surface area (Å²) in [5.74, 6) is 0.338. The predicted octanol–water partition coefficient (Wildman–Crippen LogP) is 3.33. The van der Waals surface area contributed by atoms with Gasteiger partial charge in [-0.15, -0.1) is 0 Å². The summed E-state index contributed by atoms with van der Waals surface area (Å²) in [6.07, 6.45) is 2.49. The van der Waals surface area contributed by atoms with E-state index in [0.29, 0.717) is 22.7 Å². The number of methoxy groups -OCH3 is 1. The summed E-state index contributed by atoms with van der Waals surface area (Å²) in [4.78, 5) is 24.9. The number of anilines is 1. The Labute approximate surface area is 158 Å². The van der Waals surface area contributed by atoms with E-state index in [4.69, 9.17) is 9.47 Å². The van der Waals surface area contributed by atoms with E-state index in [1.807, 2.05) is 19.9 Å². The van der Waals surface area contributed by atoms with Gasteiger partial charge in [0.2, 0.25) is 0 Å². The standard InChI is InChI=1S/C21H22N2O4/c1-4-14(2)27-18-11-10-15(13-19(18)26-3)12-17-20(24)22-23(21(17)25)16-8-6-5-7-9-16/h5-14H,4H2,1-3H3,(H,22,24)/b17-12-/t14-/m1/s1. The molecule has 0 spiro atoms. The maximum atomic E-state index is 12.6. The average Bonchev–Trinajstić information content (AvgIpc) is 2.97. The highest BCUT2D eigenvalue weighted by Crippen LogP contribution is 2.31. The molecule has 27 heavy (non-hydrogen) atoms. The van der Waals surface area contributed by atoms with E-state index >= 15 is 0 Å². The first-order chi connectivity index (χ1) is 13.0. The number of amides is 2. The van der Waals surface area contributed by atoms with E-state index in [0.717, 1.165) is 6.42 Å². The van der Waals surface area contributed by atoms with Crippen LogP contribution in [-0.2, 0) is 9.59 Å². The molecule has 1 heterocycles. The molecule has 0 bridgehead atoms. The van der Waals surface area contributed by atoms with E-state index in [-0.39, 0.29) is 11.7 Å². The van der Waals surface area contributed by atoms with Crippen LogP contribution in [0.4, 0.5) is 5.69 Å². The van der Waals surface area contributed by atoms with Crippen molar-refractivity contribution in [2.45, 2.75) is 26.4 Å². The number of hydrazine groups is 1. The van der Waals surface area contributed by atoms with E-state index < -0.39 is 11.8 Å². The molecule has 0 saturated carbocycles. The van der Waals surface area contributed by atoms with Crippen molar-refractivity contribution < 1.29 is 19.1 Å².